The maximum Gasteiger partial charge on any atom is 0.191 e. The van der Waals surface area contributed by atoms with Crippen molar-refractivity contribution in [3.8, 4) is 0 Å². The number of nitrogens with one attached hydrogen (secondary N) is 2. The van der Waals surface area contributed by atoms with Gasteiger partial charge < -0.3 is 10.6 Å². The van der Waals surface area contributed by atoms with Crippen LogP contribution in [0, 0.1) is 23.7 Å². The summed E-state index contributed by atoms with van der Waals surface area (Å²) in [6.07, 6.45) is 11.2. The zero-order chi connectivity index (χ0) is 19.3. The first-order valence-corrected chi connectivity index (χ1v) is 13.0. The Morgan fingerprint density at radius 1 is 0.964 bits per heavy atom. The van der Waals surface area contributed by atoms with Crippen molar-refractivity contribution in [3.05, 3.63) is 0 Å². The first kappa shape index (κ1) is 24.2. The van der Waals surface area contributed by atoms with E-state index in [1.54, 1.807) is 0 Å². The summed E-state index contributed by atoms with van der Waals surface area (Å²) in [7, 11) is -2.82. The van der Waals surface area contributed by atoms with Crippen LogP contribution in [0.25, 0.3) is 0 Å². The summed E-state index contributed by atoms with van der Waals surface area (Å²) in [5.74, 6) is 4.01. The second-order valence-corrected chi connectivity index (χ2v) is 11.8. The van der Waals surface area contributed by atoms with Crippen LogP contribution >= 0.6 is 24.0 Å². The molecule has 0 spiro atoms. The molecule has 5 nitrogen and oxygen atoms in total. The Hall–Kier alpha value is -0.0500. The molecule has 2 N–H and O–H groups in total. The summed E-state index contributed by atoms with van der Waals surface area (Å²) in [5, 5.41) is 7.29. The van der Waals surface area contributed by atoms with Crippen LogP contribution in [-0.4, -0.2) is 45.0 Å². The Bertz CT molecular complexity index is 595. The van der Waals surface area contributed by atoms with Crippen LogP contribution in [-0.2, 0) is 9.84 Å². The van der Waals surface area contributed by atoms with Crippen molar-refractivity contribution in [1.29, 1.82) is 0 Å². The predicted molar refractivity (Wildman–Crippen MR) is 128 cm³/mol. The monoisotopic (exact) mass is 525 g/mol. The van der Waals surface area contributed by atoms with Gasteiger partial charge in [0, 0.05) is 19.1 Å². The average molecular weight is 526 g/mol. The molecule has 1 aliphatic heterocycles. The lowest BCUT2D eigenvalue weighted by atomic mass is 9.80. The van der Waals surface area contributed by atoms with E-state index in [-0.39, 0.29) is 29.9 Å². The van der Waals surface area contributed by atoms with Gasteiger partial charge in [0.1, 0.15) is 0 Å². The Morgan fingerprint density at radius 2 is 1.64 bits per heavy atom. The fourth-order valence-electron chi connectivity index (χ4n) is 5.28. The van der Waals surface area contributed by atoms with Gasteiger partial charge in [-0.1, -0.05) is 33.1 Å². The zero-order valence-electron chi connectivity index (χ0n) is 17.7. The molecule has 2 saturated carbocycles. The molecular weight excluding hydrogens is 485 g/mol. The van der Waals surface area contributed by atoms with Crippen molar-refractivity contribution in [2.75, 3.05) is 24.6 Å². The minimum absolute atomic E-state index is 0. The highest BCUT2D eigenvalue weighted by Crippen LogP contribution is 2.28. The fraction of sp³-hybridized carbons (Fsp3) is 0.952. The molecule has 3 rings (SSSR count). The maximum atomic E-state index is 11.7. The van der Waals surface area contributed by atoms with E-state index in [1.807, 2.05) is 0 Å². The number of nitrogens with zero attached hydrogens (tertiary/aromatic N) is 1. The normalized spacial score (nSPS) is 33.9. The molecule has 3 unspecified atom stereocenters. The van der Waals surface area contributed by atoms with Crippen molar-refractivity contribution in [3.63, 3.8) is 0 Å². The van der Waals surface area contributed by atoms with E-state index in [0.29, 0.717) is 24.1 Å². The summed E-state index contributed by atoms with van der Waals surface area (Å²) in [4.78, 5) is 4.83. The van der Waals surface area contributed by atoms with E-state index in [2.05, 4.69) is 24.5 Å². The second kappa shape index (κ2) is 11.4. The lowest BCUT2D eigenvalue weighted by molar-refractivity contribution is 0.254. The van der Waals surface area contributed by atoms with Gasteiger partial charge in [-0.15, -0.1) is 24.0 Å². The standard InChI is InChI=1S/C21H39N3O2S.HI/c1-16-10-17(2)12-20(11-16)24-21(22-13-18-6-4-3-5-7-18)23-14-19-8-9-27(25,26)15-19;/h16-20H,3-15H2,1-2H3,(H2,22,23,24);1H. The van der Waals surface area contributed by atoms with Gasteiger partial charge in [0.15, 0.2) is 15.8 Å². The molecule has 1 heterocycles. The third kappa shape index (κ3) is 8.00. The van der Waals surface area contributed by atoms with E-state index in [9.17, 15) is 8.42 Å². The van der Waals surface area contributed by atoms with Gasteiger partial charge in [0.25, 0.3) is 0 Å². The Labute approximate surface area is 189 Å². The van der Waals surface area contributed by atoms with Crippen LogP contribution in [0.1, 0.15) is 71.6 Å². The molecule has 0 aromatic heterocycles. The molecule has 0 amide bonds. The van der Waals surface area contributed by atoms with Gasteiger partial charge in [-0.05, 0) is 62.2 Å². The van der Waals surface area contributed by atoms with Gasteiger partial charge in [0.05, 0.1) is 11.5 Å². The van der Waals surface area contributed by atoms with E-state index < -0.39 is 9.84 Å². The topological polar surface area (TPSA) is 70.6 Å². The van der Waals surface area contributed by atoms with Crippen molar-refractivity contribution >= 4 is 39.8 Å². The number of rotatable bonds is 5. The van der Waals surface area contributed by atoms with Crippen molar-refractivity contribution in [2.24, 2.45) is 28.7 Å². The molecular formula is C21H40IN3O2S. The first-order chi connectivity index (χ1) is 12.9. The average Bonchev–Trinajstić information content (AvgIpc) is 2.96. The fourth-order valence-corrected chi connectivity index (χ4v) is 7.13. The summed E-state index contributed by atoms with van der Waals surface area (Å²) in [5.41, 5.74) is 0. The molecule has 0 aromatic carbocycles. The molecule has 0 bridgehead atoms. The second-order valence-electron chi connectivity index (χ2n) is 9.60. The largest absolute Gasteiger partial charge is 0.356 e. The van der Waals surface area contributed by atoms with E-state index >= 15 is 0 Å². The molecule has 164 valence electrons. The quantitative estimate of drug-likeness (QED) is 0.324. The summed E-state index contributed by atoms with van der Waals surface area (Å²) in [6, 6.07) is 0.480. The molecule has 1 saturated heterocycles. The van der Waals surface area contributed by atoms with Crippen LogP contribution in [0.4, 0.5) is 0 Å². The van der Waals surface area contributed by atoms with Crippen LogP contribution in [0.2, 0.25) is 0 Å². The van der Waals surface area contributed by atoms with E-state index in [1.165, 1.54) is 51.4 Å². The lowest BCUT2D eigenvalue weighted by Crippen LogP contribution is -2.47. The molecule has 3 fully saturated rings. The van der Waals surface area contributed by atoms with Gasteiger partial charge in [-0.25, -0.2) is 8.42 Å². The number of sulfone groups is 1. The molecule has 0 radical (unpaired) electrons. The maximum absolute atomic E-state index is 11.7. The molecule has 3 atom stereocenters. The number of hydrogen-bond acceptors (Lipinski definition) is 3. The van der Waals surface area contributed by atoms with Crippen molar-refractivity contribution in [1.82, 2.24) is 10.6 Å². The highest BCUT2D eigenvalue weighted by Gasteiger charge is 2.28. The van der Waals surface area contributed by atoms with Gasteiger partial charge in [-0.3, -0.25) is 4.99 Å². The Kier molecular flexibility index (Phi) is 9.84. The van der Waals surface area contributed by atoms with Crippen LogP contribution in [0.5, 0.6) is 0 Å². The number of halogens is 1. The molecule has 28 heavy (non-hydrogen) atoms. The summed E-state index contributed by atoms with van der Waals surface area (Å²) in [6.45, 7) is 6.31. The third-order valence-corrected chi connectivity index (χ3v) is 8.47. The minimum Gasteiger partial charge on any atom is -0.356 e. The van der Waals surface area contributed by atoms with Crippen LogP contribution in [0.15, 0.2) is 4.99 Å². The number of guanidine groups is 1. The van der Waals surface area contributed by atoms with Gasteiger partial charge in [-0.2, -0.15) is 0 Å². The van der Waals surface area contributed by atoms with Crippen molar-refractivity contribution < 1.29 is 8.42 Å². The van der Waals surface area contributed by atoms with Gasteiger partial charge >= 0.3 is 0 Å². The van der Waals surface area contributed by atoms with Crippen LogP contribution < -0.4 is 10.6 Å². The van der Waals surface area contributed by atoms with E-state index in [4.69, 9.17) is 4.99 Å². The highest BCUT2D eigenvalue weighted by atomic mass is 127. The third-order valence-electron chi connectivity index (χ3n) is 6.64. The van der Waals surface area contributed by atoms with Gasteiger partial charge in [0.2, 0.25) is 0 Å². The molecule has 3 aliphatic rings. The first-order valence-electron chi connectivity index (χ1n) is 11.1. The minimum atomic E-state index is -2.82. The lowest BCUT2D eigenvalue weighted by Gasteiger charge is -2.33. The van der Waals surface area contributed by atoms with E-state index in [0.717, 1.165) is 36.7 Å². The highest BCUT2D eigenvalue weighted by molar-refractivity contribution is 14.0. The van der Waals surface area contributed by atoms with Crippen molar-refractivity contribution in [2.45, 2.75) is 77.7 Å². The Morgan fingerprint density at radius 3 is 2.25 bits per heavy atom. The molecule has 0 aromatic rings. The molecule has 7 heteroatoms. The number of hydrogen-bond donors (Lipinski definition) is 2. The summed E-state index contributed by atoms with van der Waals surface area (Å²) < 4.78 is 23.5. The summed E-state index contributed by atoms with van der Waals surface area (Å²) >= 11 is 0. The molecule has 2 aliphatic carbocycles. The zero-order valence-corrected chi connectivity index (χ0v) is 20.8. The van der Waals surface area contributed by atoms with Crippen LogP contribution in [0.3, 0.4) is 0 Å². The number of aliphatic imine (C=N–C) groups is 1. The predicted octanol–water partition coefficient (Wildman–Crippen LogP) is 3.98. The Balaban J connectivity index is 0.00000280. The SMILES string of the molecule is CC1CC(C)CC(NC(=NCC2CCS(=O)(=O)C2)NCC2CCCCC2)C1.I. The smallest absolute Gasteiger partial charge is 0.191 e.